The molecule has 0 radical (unpaired) electrons. The van der Waals surface area contributed by atoms with Crippen LogP contribution in [0.3, 0.4) is 0 Å². The first-order chi connectivity index (χ1) is 11.4. The molecule has 0 aromatic heterocycles. The monoisotopic (exact) mass is 330 g/mol. The van der Waals surface area contributed by atoms with Crippen molar-refractivity contribution < 1.29 is 24.2 Å². The van der Waals surface area contributed by atoms with Crippen molar-refractivity contribution in [2.45, 2.75) is 6.92 Å². The largest absolute Gasteiger partial charge is 0.506 e. The molecule has 7 nitrogen and oxygen atoms in total. The van der Waals surface area contributed by atoms with Gasteiger partial charge in [-0.25, -0.2) is 0 Å². The van der Waals surface area contributed by atoms with E-state index in [0.29, 0.717) is 17.2 Å². The van der Waals surface area contributed by atoms with Crippen LogP contribution in [0.25, 0.3) is 0 Å². The molecule has 0 saturated heterocycles. The summed E-state index contributed by atoms with van der Waals surface area (Å²) in [6.45, 7) is 1.80. The minimum Gasteiger partial charge on any atom is -0.506 e. The molecule has 0 aliphatic heterocycles. The van der Waals surface area contributed by atoms with E-state index in [0.717, 1.165) is 5.56 Å². The van der Waals surface area contributed by atoms with Crippen LogP contribution in [0.5, 0.6) is 17.2 Å². The van der Waals surface area contributed by atoms with Crippen molar-refractivity contribution in [2.75, 3.05) is 24.9 Å². The summed E-state index contributed by atoms with van der Waals surface area (Å²) in [5.74, 6) is -0.954. The van der Waals surface area contributed by atoms with Gasteiger partial charge in [0.25, 0.3) is 0 Å². The Morgan fingerprint density at radius 2 is 1.58 bits per heavy atom. The first-order valence-electron chi connectivity index (χ1n) is 7.08. The van der Waals surface area contributed by atoms with Gasteiger partial charge >= 0.3 is 11.8 Å². The predicted molar refractivity (Wildman–Crippen MR) is 89.6 cm³/mol. The minimum absolute atomic E-state index is 0.109. The van der Waals surface area contributed by atoms with Gasteiger partial charge in [0, 0.05) is 11.8 Å². The number of aromatic hydroxyl groups is 1. The van der Waals surface area contributed by atoms with Crippen molar-refractivity contribution in [1.82, 2.24) is 0 Å². The number of anilines is 2. The number of ether oxygens (including phenoxy) is 2. The molecular formula is C17H18N2O5. The van der Waals surface area contributed by atoms with E-state index < -0.39 is 11.8 Å². The molecule has 0 heterocycles. The number of rotatable bonds is 4. The number of carbonyl (C=O) groups excluding carboxylic acids is 2. The van der Waals surface area contributed by atoms with Crippen molar-refractivity contribution >= 4 is 23.2 Å². The predicted octanol–water partition coefficient (Wildman–Crippen LogP) is 2.30. The van der Waals surface area contributed by atoms with Gasteiger partial charge in [0.15, 0.2) is 11.5 Å². The van der Waals surface area contributed by atoms with E-state index in [1.54, 1.807) is 25.1 Å². The molecule has 0 aliphatic carbocycles. The smallest absolute Gasteiger partial charge is 0.314 e. The van der Waals surface area contributed by atoms with Crippen molar-refractivity contribution in [2.24, 2.45) is 0 Å². The van der Waals surface area contributed by atoms with Crippen LogP contribution >= 0.6 is 0 Å². The van der Waals surface area contributed by atoms with Crippen molar-refractivity contribution in [3.05, 3.63) is 42.0 Å². The zero-order valence-corrected chi connectivity index (χ0v) is 13.5. The van der Waals surface area contributed by atoms with Crippen LogP contribution in [-0.4, -0.2) is 31.1 Å². The Morgan fingerprint density at radius 3 is 2.21 bits per heavy atom. The fraction of sp³-hybridized carbons (Fsp3) is 0.176. The van der Waals surface area contributed by atoms with Gasteiger partial charge in [-0.3, -0.25) is 9.59 Å². The van der Waals surface area contributed by atoms with Crippen molar-refractivity contribution in [3.8, 4) is 17.2 Å². The fourth-order valence-electron chi connectivity index (χ4n) is 2.03. The molecule has 24 heavy (non-hydrogen) atoms. The number of carbonyl (C=O) groups is 2. The Morgan fingerprint density at radius 1 is 0.917 bits per heavy atom. The van der Waals surface area contributed by atoms with Crippen LogP contribution in [0.4, 0.5) is 11.4 Å². The van der Waals surface area contributed by atoms with Crippen LogP contribution in [0, 0.1) is 6.92 Å². The normalized spacial score (nSPS) is 9.96. The summed E-state index contributed by atoms with van der Waals surface area (Å²) in [5, 5.41) is 14.6. The average Bonchev–Trinajstić information content (AvgIpc) is 2.57. The summed E-state index contributed by atoms with van der Waals surface area (Å²) >= 11 is 0. The van der Waals surface area contributed by atoms with Crippen molar-refractivity contribution in [1.29, 1.82) is 0 Å². The molecule has 2 aromatic carbocycles. The lowest BCUT2D eigenvalue weighted by molar-refractivity contribution is -0.133. The molecule has 0 spiro atoms. The van der Waals surface area contributed by atoms with Gasteiger partial charge in [-0.2, -0.15) is 0 Å². The quantitative estimate of drug-likeness (QED) is 0.590. The number of methoxy groups -OCH3 is 2. The molecule has 0 bridgehead atoms. The molecule has 3 N–H and O–H groups in total. The van der Waals surface area contributed by atoms with Gasteiger partial charge in [0.1, 0.15) is 5.75 Å². The standard InChI is InChI=1S/C17H18N2O5/c1-10-4-6-12(13(20)8-10)19-17(22)16(21)18-11-5-7-14(23-2)15(9-11)24-3/h4-9,20H,1-3H3,(H,18,21)(H,19,22). The summed E-state index contributed by atoms with van der Waals surface area (Å²) in [6.07, 6.45) is 0. The number of phenolic OH excluding ortho intramolecular Hbond substituents is 1. The molecule has 0 saturated carbocycles. The maximum Gasteiger partial charge on any atom is 0.314 e. The summed E-state index contributed by atoms with van der Waals surface area (Å²) in [4.78, 5) is 23.9. The van der Waals surface area contributed by atoms with Crippen molar-refractivity contribution in [3.63, 3.8) is 0 Å². The number of benzene rings is 2. The zero-order valence-electron chi connectivity index (χ0n) is 13.5. The third kappa shape index (κ3) is 3.95. The average molecular weight is 330 g/mol. The summed E-state index contributed by atoms with van der Waals surface area (Å²) in [7, 11) is 2.97. The molecule has 7 heteroatoms. The third-order valence-electron chi connectivity index (χ3n) is 3.25. The summed E-state index contributed by atoms with van der Waals surface area (Å²) in [5.41, 5.74) is 1.37. The number of hydrogen-bond donors (Lipinski definition) is 3. The molecule has 2 aromatic rings. The first kappa shape index (κ1) is 17.1. The lowest BCUT2D eigenvalue weighted by Gasteiger charge is -2.11. The molecule has 0 unspecified atom stereocenters. The summed E-state index contributed by atoms with van der Waals surface area (Å²) in [6, 6.07) is 9.44. The molecule has 0 fully saturated rings. The molecule has 2 rings (SSSR count). The van der Waals surface area contributed by atoms with Gasteiger partial charge in [-0.05, 0) is 36.8 Å². The van der Waals surface area contributed by atoms with Crippen LogP contribution in [0.1, 0.15) is 5.56 Å². The Kier molecular flexibility index (Phi) is 5.26. The number of phenols is 1. The number of nitrogens with one attached hydrogen (secondary N) is 2. The summed E-state index contributed by atoms with van der Waals surface area (Å²) < 4.78 is 10.2. The Bertz CT molecular complexity index is 774. The lowest BCUT2D eigenvalue weighted by atomic mass is 10.2. The van der Waals surface area contributed by atoms with Crippen LogP contribution in [-0.2, 0) is 9.59 Å². The fourth-order valence-corrected chi connectivity index (χ4v) is 2.03. The molecule has 2 amide bonds. The first-order valence-corrected chi connectivity index (χ1v) is 7.08. The highest BCUT2D eigenvalue weighted by atomic mass is 16.5. The van der Waals surface area contributed by atoms with Gasteiger partial charge in [-0.1, -0.05) is 6.07 Å². The lowest BCUT2D eigenvalue weighted by Crippen LogP contribution is -2.29. The van der Waals surface area contributed by atoms with Crippen LogP contribution in [0.2, 0.25) is 0 Å². The van der Waals surface area contributed by atoms with Gasteiger partial charge in [0.2, 0.25) is 0 Å². The second kappa shape index (κ2) is 7.36. The highest BCUT2D eigenvalue weighted by Gasteiger charge is 2.16. The third-order valence-corrected chi connectivity index (χ3v) is 3.25. The Labute approximate surface area is 139 Å². The second-order valence-corrected chi connectivity index (χ2v) is 5.00. The molecule has 0 aliphatic rings. The molecule has 0 atom stereocenters. The van der Waals surface area contributed by atoms with E-state index in [1.807, 2.05) is 0 Å². The topological polar surface area (TPSA) is 96.9 Å². The van der Waals surface area contributed by atoms with Gasteiger partial charge < -0.3 is 25.2 Å². The Hall–Kier alpha value is -3.22. The highest BCUT2D eigenvalue weighted by Crippen LogP contribution is 2.29. The van der Waals surface area contributed by atoms with Crippen LogP contribution in [0.15, 0.2) is 36.4 Å². The van der Waals surface area contributed by atoms with E-state index >= 15 is 0 Å². The highest BCUT2D eigenvalue weighted by molar-refractivity contribution is 6.43. The molecule has 126 valence electrons. The minimum atomic E-state index is -0.899. The zero-order chi connectivity index (χ0) is 17.7. The maximum atomic E-state index is 12.0. The number of aryl methyl sites for hydroxylation is 1. The van der Waals surface area contributed by atoms with E-state index in [1.165, 1.54) is 32.4 Å². The van der Waals surface area contributed by atoms with Gasteiger partial charge in [0.05, 0.1) is 19.9 Å². The number of amides is 2. The number of hydrogen-bond acceptors (Lipinski definition) is 5. The SMILES string of the molecule is COc1ccc(NC(=O)C(=O)Nc2ccc(C)cc2O)cc1OC. The van der Waals surface area contributed by atoms with E-state index in [9.17, 15) is 14.7 Å². The van der Waals surface area contributed by atoms with E-state index in [4.69, 9.17) is 9.47 Å². The second-order valence-electron chi connectivity index (χ2n) is 5.00. The van der Waals surface area contributed by atoms with Gasteiger partial charge in [-0.15, -0.1) is 0 Å². The van der Waals surface area contributed by atoms with Crippen LogP contribution < -0.4 is 20.1 Å². The molecular weight excluding hydrogens is 312 g/mol. The van der Waals surface area contributed by atoms with E-state index in [-0.39, 0.29) is 11.4 Å². The Balaban J connectivity index is 2.07. The van der Waals surface area contributed by atoms with E-state index in [2.05, 4.69) is 10.6 Å². The maximum absolute atomic E-state index is 12.0.